The summed E-state index contributed by atoms with van der Waals surface area (Å²) in [6.07, 6.45) is 0. The summed E-state index contributed by atoms with van der Waals surface area (Å²) in [5.74, 6) is 1.22. The molecular formula is C18H22FNO. The van der Waals surface area contributed by atoms with Crippen LogP contribution in [0.5, 0.6) is 11.5 Å². The number of aryl methyl sites for hydroxylation is 1. The zero-order valence-electron chi connectivity index (χ0n) is 13.0. The van der Waals surface area contributed by atoms with Gasteiger partial charge >= 0.3 is 0 Å². The van der Waals surface area contributed by atoms with Crippen molar-refractivity contribution in [1.82, 2.24) is 5.32 Å². The molecule has 0 unspecified atom stereocenters. The summed E-state index contributed by atoms with van der Waals surface area (Å²) in [4.78, 5) is 0. The summed E-state index contributed by atoms with van der Waals surface area (Å²) in [6, 6.07) is 12.4. The topological polar surface area (TPSA) is 21.3 Å². The van der Waals surface area contributed by atoms with Gasteiger partial charge in [-0.25, -0.2) is 4.39 Å². The molecule has 0 saturated heterocycles. The third-order valence-electron chi connectivity index (χ3n) is 3.15. The van der Waals surface area contributed by atoms with Crippen LogP contribution in [-0.2, 0) is 6.54 Å². The highest BCUT2D eigenvalue weighted by atomic mass is 19.1. The van der Waals surface area contributed by atoms with E-state index in [1.165, 1.54) is 12.1 Å². The smallest absolute Gasteiger partial charge is 0.132 e. The lowest BCUT2D eigenvalue weighted by atomic mass is 10.1. The van der Waals surface area contributed by atoms with E-state index in [1.807, 2.05) is 31.2 Å². The van der Waals surface area contributed by atoms with Crippen molar-refractivity contribution in [2.75, 3.05) is 0 Å². The number of rotatable bonds is 4. The molecule has 0 radical (unpaired) electrons. The summed E-state index contributed by atoms with van der Waals surface area (Å²) < 4.78 is 19.5. The molecule has 1 N–H and O–H groups in total. The molecule has 0 aliphatic heterocycles. The van der Waals surface area contributed by atoms with Gasteiger partial charge in [-0.15, -0.1) is 0 Å². The number of para-hydroxylation sites is 1. The summed E-state index contributed by atoms with van der Waals surface area (Å²) in [6.45, 7) is 8.78. The Balaban J connectivity index is 2.25. The van der Waals surface area contributed by atoms with Crippen LogP contribution in [0.2, 0.25) is 0 Å². The monoisotopic (exact) mass is 287 g/mol. The van der Waals surface area contributed by atoms with Crippen molar-refractivity contribution in [3.63, 3.8) is 0 Å². The maximum Gasteiger partial charge on any atom is 0.132 e. The first-order valence-corrected chi connectivity index (χ1v) is 7.12. The highest BCUT2D eigenvalue weighted by molar-refractivity contribution is 5.41. The Labute approximate surface area is 126 Å². The van der Waals surface area contributed by atoms with Crippen LogP contribution in [0.15, 0.2) is 42.5 Å². The molecule has 0 spiro atoms. The zero-order valence-corrected chi connectivity index (χ0v) is 13.0. The normalized spacial score (nSPS) is 11.5. The van der Waals surface area contributed by atoms with E-state index >= 15 is 0 Å². The predicted molar refractivity (Wildman–Crippen MR) is 84.2 cm³/mol. The average molecular weight is 287 g/mol. The lowest BCUT2D eigenvalue weighted by Gasteiger charge is -2.22. The van der Waals surface area contributed by atoms with Gasteiger partial charge in [-0.1, -0.05) is 18.2 Å². The zero-order chi connectivity index (χ0) is 15.5. The number of benzene rings is 2. The van der Waals surface area contributed by atoms with E-state index < -0.39 is 0 Å². The fourth-order valence-electron chi connectivity index (χ4n) is 1.94. The van der Waals surface area contributed by atoms with Crippen molar-refractivity contribution < 1.29 is 9.13 Å². The Bertz CT molecular complexity index is 617. The highest BCUT2D eigenvalue weighted by Gasteiger charge is 2.13. The summed E-state index contributed by atoms with van der Waals surface area (Å²) in [5, 5.41) is 3.36. The molecule has 0 aromatic heterocycles. The van der Waals surface area contributed by atoms with Gasteiger partial charge in [-0.05, 0) is 57.5 Å². The van der Waals surface area contributed by atoms with Crippen LogP contribution in [0.1, 0.15) is 31.9 Å². The van der Waals surface area contributed by atoms with Crippen LogP contribution in [0.25, 0.3) is 0 Å². The first-order valence-electron chi connectivity index (χ1n) is 7.12. The van der Waals surface area contributed by atoms with Crippen molar-refractivity contribution in [2.24, 2.45) is 0 Å². The molecule has 0 bridgehead atoms. The third kappa shape index (κ3) is 4.57. The van der Waals surface area contributed by atoms with Gasteiger partial charge in [0, 0.05) is 17.6 Å². The minimum Gasteiger partial charge on any atom is -0.457 e. The van der Waals surface area contributed by atoms with Crippen molar-refractivity contribution in [3.05, 3.63) is 59.4 Å². The molecule has 0 amide bonds. The molecule has 2 nitrogen and oxygen atoms in total. The van der Waals surface area contributed by atoms with Gasteiger partial charge in [0.25, 0.3) is 0 Å². The molecule has 0 aliphatic carbocycles. The second-order valence-electron chi connectivity index (χ2n) is 6.22. The quantitative estimate of drug-likeness (QED) is 0.871. The first kappa shape index (κ1) is 15.5. The molecule has 2 aromatic carbocycles. The van der Waals surface area contributed by atoms with Crippen LogP contribution in [0, 0.1) is 12.7 Å². The van der Waals surface area contributed by atoms with Crippen molar-refractivity contribution in [3.8, 4) is 11.5 Å². The molecule has 2 rings (SSSR count). The fourth-order valence-corrected chi connectivity index (χ4v) is 1.94. The van der Waals surface area contributed by atoms with Gasteiger partial charge < -0.3 is 10.1 Å². The van der Waals surface area contributed by atoms with Gasteiger partial charge in [0.05, 0.1) is 0 Å². The van der Waals surface area contributed by atoms with E-state index in [1.54, 1.807) is 6.07 Å². The largest absolute Gasteiger partial charge is 0.457 e. The number of ether oxygens (including phenoxy) is 1. The van der Waals surface area contributed by atoms with E-state index in [0.717, 1.165) is 16.9 Å². The van der Waals surface area contributed by atoms with Crippen molar-refractivity contribution in [2.45, 2.75) is 39.8 Å². The Morgan fingerprint density at radius 1 is 1.05 bits per heavy atom. The molecule has 112 valence electrons. The van der Waals surface area contributed by atoms with Gasteiger partial charge in [0.2, 0.25) is 0 Å². The highest BCUT2D eigenvalue weighted by Crippen LogP contribution is 2.28. The molecule has 0 aliphatic rings. The average Bonchev–Trinajstić information content (AvgIpc) is 2.40. The molecule has 0 fully saturated rings. The maximum absolute atomic E-state index is 13.5. The Morgan fingerprint density at radius 2 is 1.76 bits per heavy atom. The molecule has 0 atom stereocenters. The van der Waals surface area contributed by atoms with Crippen LogP contribution < -0.4 is 10.1 Å². The summed E-state index contributed by atoms with van der Waals surface area (Å²) in [5.41, 5.74) is 1.83. The molecule has 3 heteroatoms. The third-order valence-corrected chi connectivity index (χ3v) is 3.15. The Kier molecular flexibility index (Phi) is 4.63. The van der Waals surface area contributed by atoms with Gasteiger partial charge in [-0.3, -0.25) is 0 Å². The molecule has 2 aromatic rings. The second-order valence-corrected chi connectivity index (χ2v) is 6.22. The van der Waals surface area contributed by atoms with Crippen LogP contribution in [0.3, 0.4) is 0 Å². The molecule has 0 heterocycles. The second kappa shape index (κ2) is 6.27. The standard InChI is InChI=1S/C18H22FNO/c1-13-7-5-6-8-16(13)21-17-10-9-15(19)11-14(17)12-20-18(2,3)4/h5-11,20H,12H2,1-4H3. The van der Waals surface area contributed by atoms with Crippen LogP contribution in [0.4, 0.5) is 4.39 Å². The van der Waals surface area contributed by atoms with Crippen LogP contribution >= 0.6 is 0 Å². The Hall–Kier alpha value is -1.87. The predicted octanol–water partition coefficient (Wildman–Crippen LogP) is 4.81. The number of nitrogens with one attached hydrogen (secondary N) is 1. The van der Waals surface area contributed by atoms with Gasteiger partial charge in [0.15, 0.2) is 0 Å². The summed E-state index contributed by atoms with van der Waals surface area (Å²) in [7, 11) is 0. The lowest BCUT2D eigenvalue weighted by molar-refractivity contribution is 0.412. The minimum atomic E-state index is -0.252. The van der Waals surface area contributed by atoms with Crippen LogP contribution in [-0.4, -0.2) is 5.54 Å². The number of hydrogen-bond acceptors (Lipinski definition) is 2. The SMILES string of the molecule is Cc1ccccc1Oc1ccc(F)cc1CNC(C)(C)C. The molecule has 21 heavy (non-hydrogen) atoms. The lowest BCUT2D eigenvalue weighted by Crippen LogP contribution is -2.35. The van der Waals surface area contributed by atoms with E-state index in [2.05, 4.69) is 26.1 Å². The fraction of sp³-hybridized carbons (Fsp3) is 0.333. The molecular weight excluding hydrogens is 265 g/mol. The van der Waals surface area contributed by atoms with E-state index in [-0.39, 0.29) is 11.4 Å². The minimum absolute atomic E-state index is 0.0355. The summed E-state index contributed by atoms with van der Waals surface area (Å²) >= 11 is 0. The first-order chi connectivity index (χ1) is 9.85. The number of halogens is 1. The van der Waals surface area contributed by atoms with E-state index in [9.17, 15) is 4.39 Å². The number of hydrogen-bond donors (Lipinski definition) is 1. The Morgan fingerprint density at radius 3 is 2.43 bits per heavy atom. The van der Waals surface area contributed by atoms with Crippen molar-refractivity contribution in [1.29, 1.82) is 0 Å². The van der Waals surface area contributed by atoms with Gasteiger partial charge in [0.1, 0.15) is 17.3 Å². The van der Waals surface area contributed by atoms with E-state index in [4.69, 9.17) is 4.74 Å². The molecule has 0 saturated carbocycles. The maximum atomic E-state index is 13.5. The van der Waals surface area contributed by atoms with Gasteiger partial charge in [-0.2, -0.15) is 0 Å². The van der Waals surface area contributed by atoms with E-state index in [0.29, 0.717) is 12.3 Å². The van der Waals surface area contributed by atoms with Crippen molar-refractivity contribution >= 4 is 0 Å².